The van der Waals surface area contributed by atoms with E-state index >= 15 is 0 Å². The summed E-state index contributed by atoms with van der Waals surface area (Å²) >= 11 is 0. The minimum Gasteiger partial charge on any atom is -0.298 e. The molecule has 1 atom stereocenters. The summed E-state index contributed by atoms with van der Waals surface area (Å²) in [6.07, 6.45) is 0. The normalized spacial score (nSPS) is 27.9. The van der Waals surface area contributed by atoms with Crippen molar-refractivity contribution in [3.05, 3.63) is 0 Å². The third kappa shape index (κ3) is 1.26. The van der Waals surface area contributed by atoms with E-state index in [-0.39, 0.29) is 24.4 Å². The summed E-state index contributed by atoms with van der Waals surface area (Å²) in [5, 5.41) is 4.91. The standard InChI is InChI=1S/C5H8N2O2/c1-3-5(9)7-4(8)2-6-3/h3,6H,2H2,1H3,(H,7,8,9)/t3-/m0/s1. The molecule has 1 aliphatic rings. The lowest BCUT2D eigenvalue weighted by atomic mass is 10.2. The van der Waals surface area contributed by atoms with Gasteiger partial charge in [-0.15, -0.1) is 0 Å². The van der Waals surface area contributed by atoms with Gasteiger partial charge in [-0.3, -0.25) is 20.2 Å². The van der Waals surface area contributed by atoms with Gasteiger partial charge in [0.25, 0.3) is 0 Å². The summed E-state index contributed by atoms with van der Waals surface area (Å²) in [6, 6.07) is -0.234. The van der Waals surface area contributed by atoms with Gasteiger partial charge in [0.05, 0.1) is 12.6 Å². The second-order valence-electron chi connectivity index (χ2n) is 2.02. The molecule has 1 aliphatic heterocycles. The molecule has 4 nitrogen and oxygen atoms in total. The van der Waals surface area contributed by atoms with Crippen LogP contribution in [-0.4, -0.2) is 24.4 Å². The maximum absolute atomic E-state index is 10.6. The van der Waals surface area contributed by atoms with Crippen LogP contribution in [0, 0.1) is 0 Å². The van der Waals surface area contributed by atoms with Gasteiger partial charge in [0.1, 0.15) is 0 Å². The van der Waals surface area contributed by atoms with Crippen molar-refractivity contribution in [3.8, 4) is 0 Å². The Balaban J connectivity index is 2.54. The van der Waals surface area contributed by atoms with E-state index in [2.05, 4.69) is 10.6 Å². The molecule has 4 heteroatoms. The molecule has 50 valence electrons. The van der Waals surface area contributed by atoms with E-state index in [1.807, 2.05) is 0 Å². The fraction of sp³-hybridized carbons (Fsp3) is 0.600. The van der Waals surface area contributed by atoms with Crippen LogP contribution < -0.4 is 10.6 Å². The first-order valence-corrected chi connectivity index (χ1v) is 2.77. The first-order chi connectivity index (χ1) is 4.20. The highest BCUT2D eigenvalue weighted by Crippen LogP contribution is 1.86. The maximum Gasteiger partial charge on any atom is 0.243 e. The number of amides is 2. The van der Waals surface area contributed by atoms with E-state index < -0.39 is 0 Å². The van der Waals surface area contributed by atoms with E-state index in [9.17, 15) is 9.59 Å². The third-order valence-electron chi connectivity index (χ3n) is 1.22. The molecule has 0 spiro atoms. The predicted octanol–water partition coefficient (Wildman–Crippen LogP) is -1.38. The Hall–Kier alpha value is -0.900. The second kappa shape index (κ2) is 2.14. The monoisotopic (exact) mass is 128 g/mol. The van der Waals surface area contributed by atoms with E-state index in [1.165, 1.54) is 0 Å². The molecule has 0 radical (unpaired) electrons. The smallest absolute Gasteiger partial charge is 0.243 e. The Labute approximate surface area is 52.6 Å². The van der Waals surface area contributed by atoms with Crippen molar-refractivity contribution >= 4 is 11.8 Å². The molecule has 0 unspecified atom stereocenters. The molecule has 2 amide bonds. The molecule has 0 aromatic rings. The van der Waals surface area contributed by atoms with E-state index in [4.69, 9.17) is 0 Å². The van der Waals surface area contributed by atoms with Crippen LogP contribution in [0.15, 0.2) is 0 Å². The largest absolute Gasteiger partial charge is 0.298 e. The molecule has 0 aliphatic carbocycles. The summed E-state index contributed by atoms with van der Waals surface area (Å²) in [5.41, 5.74) is 0. The Bertz CT molecular complexity index is 155. The van der Waals surface area contributed by atoms with Gasteiger partial charge in [-0.05, 0) is 6.92 Å². The van der Waals surface area contributed by atoms with Gasteiger partial charge in [-0.1, -0.05) is 0 Å². The highest BCUT2D eigenvalue weighted by molar-refractivity contribution is 6.00. The molecule has 1 rings (SSSR count). The van der Waals surface area contributed by atoms with Gasteiger partial charge in [-0.2, -0.15) is 0 Å². The zero-order valence-electron chi connectivity index (χ0n) is 5.10. The summed E-state index contributed by atoms with van der Waals surface area (Å²) in [4.78, 5) is 21.0. The number of carbonyl (C=O) groups excluding carboxylic acids is 2. The van der Waals surface area contributed by atoms with Gasteiger partial charge >= 0.3 is 0 Å². The average Bonchev–Trinajstić information content (AvgIpc) is 1.80. The number of carbonyl (C=O) groups is 2. The minimum absolute atomic E-state index is 0.234. The van der Waals surface area contributed by atoms with Gasteiger partial charge in [0.2, 0.25) is 11.8 Å². The maximum atomic E-state index is 10.6. The summed E-state index contributed by atoms with van der Waals surface area (Å²) in [7, 11) is 0. The highest BCUT2D eigenvalue weighted by Gasteiger charge is 2.20. The summed E-state index contributed by atoms with van der Waals surface area (Å²) in [6.45, 7) is 1.95. The number of rotatable bonds is 0. The van der Waals surface area contributed by atoms with Gasteiger partial charge in [-0.25, -0.2) is 0 Å². The Morgan fingerprint density at radius 1 is 1.56 bits per heavy atom. The lowest BCUT2D eigenvalue weighted by Gasteiger charge is -2.17. The average molecular weight is 128 g/mol. The van der Waals surface area contributed by atoms with Gasteiger partial charge in [0, 0.05) is 0 Å². The molecule has 1 saturated heterocycles. The molecule has 2 N–H and O–H groups in total. The minimum atomic E-state index is -0.252. The molecular formula is C5H8N2O2. The number of nitrogens with one attached hydrogen (secondary N) is 2. The summed E-state index contributed by atoms with van der Waals surface area (Å²) in [5.74, 6) is -0.496. The van der Waals surface area contributed by atoms with Crippen molar-refractivity contribution in [1.29, 1.82) is 0 Å². The quantitative estimate of drug-likeness (QED) is 0.395. The lowest BCUT2D eigenvalue weighted by Crippen LogP contribution is -2.54. The zero-order valence-corrected chi connectivity index (χ0v) is 5.10. The van der Waals surface area contributed by atoms with E-state index in [0.717, 1.165) is 0 Å². The molecule has 9 heavy (non-hydrogen) atoms. The van der Waals surface area contributed by atoms with Crippen LogP contribution in [-0.2, 0) is 9.59 Å². The SMILES string of the molecule is C[C@@H]1NCC(=O)NC1=O. The number of hydrogen-bond acceptors (Lipinski definition) is 3. The van der Waals surface area contributed by atoms with E-state index in [0.29, 0.717) is 0 Å². The van der Waals surface area contributed by atoms with Crippen LogP contribution in [0.3, 0.4) is 0 Å². The van der Waals surface area contributed by atoms with Crippen molar-refractivity contribution in [3.63, 3.8) is 0 Å². The molecule has 1 heterocycles. The Kier molecular flexibility index (Phi) is 1.48. The van der Waals surface area contributed by atoms with Gasteiger partial charge in [0.15, 0.2) is 0 Å². The van der Waals surface area contributed by atoms with Crippen LogP contribution in [0.1, 0.15) is 6.92 Å². The molecule has 0 bridgehead atoms. The molecule has 0 aromatic heterocycles. The van der Waals surface area contributed by atoms with Gasteiger partial charge < -0.3 is 0 Å². The van der Waals surface area contributed by atoms with Crippen molar-refractivity contribution < 1.29 is 9.59 Å². The first-order valence-electron chi connectivity index (χ1n) is 2.77. The Morgan fingerprint density at radius 3 is 2.67 bits per heavy atom. The Morgan fingerprint density at radius 2 is 2.22 bits per heavy atom. The lowest BCUT2D eigenvalue weighted by molar-refractivity contribution is -0.133. The highest BCUT2D eigenvalue weighted by atomic mass is 16.2. The molecule has 1 fully saturated rings. The fourth-order valence-electron chi connectivity index (χ4n) is 0.628. The van der Waals surface area contributed by atoms with E-state index in [1.54, 1.807) is 6.92 Å². The fourth-order valence-corrected chi connectivity index (χ4v) is 0.628. The van der Waals surface area contributed by atoms with Crippen molar-refractivity contribution in [1.82, 2.24) is 10.6 Å². The zero-order chi connectivity index (χ0) is 6.85. The van der Waals surface area contributed by atoms with Crippen LogP contribution in [0.4, 0.5) is 0 Å². The third-order valence-corrected chi connectivity index (χ3v) is 1.22. The molecule has 0 saturated carbocycles. The van der Waals surface area contributed by atoms with Crippen LogP contribution in [0.2, 0.25) is 0 Å². The first kappa shape index (κ1) is 6.22. The molecule has 0 aromatic carbocycles. The number of piperazine rings is 1. The molecular weight excluding hydrogens is 120 g/mol. The predicted molar refractivity (Wildman–Crippen MR) is 30.6 cm³/mol. The van der Waals surface area contributed by atoms with Crippen molar-refractivity contribution in [2.24, 2.45) is 0 Å². The van der Waals surface area contributed by atoms with Crippen molar-refractivity contribution in [2.75, 3.05) is 6.54 Å². The topological polar surface area (TPSA) is 58.2 Å². The number of hydrogen-bond donors (Lipinski definition) is 2. The van der Waals surface area contributed by atoms with Crippen LogP contribution in [0.5, 0.6) is 0 Å². The van der Waals surface area contributed by atoms with Crippen molar-refractivity contribution in [2.45, 2.75) is 13.0 Å². The van der Waals surface area contributed by atoms with Crippen LogP contribution in [0.25, 0.3) is 0 Å². The second-order valence-corrected chi connectivity index (χ2v) is 2.02. The summed E-state index contributed by atoms with van der Waals surface area (Å²) < 4.78 is 0. The number of imide groups is 1. The van der Waals surface area contributed by atoms with Crippen LogP contribution >= 0.6 is 0 Å².